The Balaban J connectivity index is 1.36. The number of nitrogens with one attached hydrogen (secondary N) is 1. The number of aromatic nitrogens is 1. The number of hydrogen-bond acceptors (Lipinski definition) is 5. The van der Waals surface area contributed by atoms with Crippen molar-refractivity contribution >= 4 is 28.4 Å². The van der Waals surface area contributed by atoms with Crippen molar-refractivity contribution in [1.82, 2.24) is 4.57 Å². The largest absolute Gasteiger partial charge is 0.419 e. The van der Waals surface area contributed by atoms with Crippen LogP contribution in [-0.4, -0.2) is 35.8 Å². The number of nitrogens with zero attached hydrogens (tertiary/aromatic N) is 2. The molecule has 1 aliphatic rings. The fraction of sp³-hybridized carbons (Fsp3) is 0.364. The number of amides is 1. The minimum atomic E-state index is -0.447. The molecular weight excluding hydrogens is 370 g/mol. The van der Waals surface area contributed by atoms with Crippen LogP contribution in [0.3, 0.4) is 0 Å². The van der Waals surface area contributed by atoms with Crippen LogP contribution < -0.4 is 16.0 Å². The van der Waals surface area contributed by atoms with Gasteiger partial charge in [0, 0.05) is 37.4 Å². The summed E-state index contributed by atoms with van der Waals surface area (Å²) in [7, 11) is 0. The Morgan fingerprint density at radius 1 is 1.07 bits per heavy atom. The van der Waals surface area contributed by atoms with Crippen LogP contribution in [0.4, 0.5) is 11.4 Å². The van der Waals surface area contributed by atoms with Gasteiger partial charge in [0.1, 0.15) is 0 Å². The molecule has 3 aromatic rings. The van der Waals surface area contributed by atoms with Crippen LogP contribution in [-0.2, 0) is 16.1 Å². The summed E-state index contributed by atoms with van der Waals surface area (Å²) in [6.45, 7) is 6.12. The van der Waals surface area contributed by atoms with E-state index in [9.17, 15) is 9.59 Å². The second kappa shape index (κ2) is 8.13. The monoisotopic (exact) mass is 395 g/mol. The van der Waals surface area contributed by atoms with Gasteiger partial charge in [0.25, 0.3) is 0 Å². The Bertz CT molecular complexity index is 1040. The molecular formula is C22H25N3O4. The smallest absolute Gasteiger partial charge is 0.408 e. The minimum Gasteiger partial charge on any atom is -0.408 e. The van der Waals surface area contributed by atoms with Crippen molar-refractivity contribution in [1.29, 1.82) is 0 Å². The van der Waals surface area contributed by atoms with Crippen LogP contribution >= 0.6 is 0 Å². The van der Waals surface area contributed by atoms with E-state index in [1.807, 2.05) is 42.5 Å². The van der Waals surface area contributed by atoms with Gasteiger partial charge in [-0.1, -0.05) is 12.1 Å². The first-order valence-corrected chi connectivity index (χ1v) is 9.88. The molecule has 2 atom stereocenters. The molecule has 7 heteroatoms. The molecule has 0 radical (unpaired) electrons. The lowest BCUT2D eigenvalue weighted by atomic mass is 10.2. The predicted octanol–water partition coefficient (Wildman–Crippen LogP) is 3.24. The molecule has 4 rings (SSSR count). The highest BCUT2D eigenvalue weighted by Gasteiger charge is 2.22. The van der Waals surface area contributed by atoms with E-state index in [2.05, 4.69) is 24.1 Å². The molecule has 2 unspecified atom stereocenters. The number of anilines is 2. The summed E-state index contributed by atoms with van der Waals surface area (Å²) < 4.78 is 12.5. The van der Waals surface area contributed by atoms with Crippen molar-refractivity contribution in [3.05, 3.63) is 59.1 Å². The Kier molecular flexibility index (Phi) is 5.40. The molecule has 1 amide bonds. The van der Waals surface area contributed by atoms with E-state index in [1.165, 1.54) is 4.57 Å². The Morgan fingerprint density at radius 2 is 1.76 bits per heavy atom. The number of para-hydroxylation sites is 2. The molecule has 2 heterocycles. The van der Waals surface area contributed by atoms with Gasteiger partial charge in [-0.2, -0.15) is 0 Å². The second-order valence-corrected chi connectivity index (χ2v) is 7.49. The summed E-state index contributed by atoms with van der Waals surface area (Å²) in [5, 5.41) is 2.89. The lowest BCUT2D eigenvalue weighted by molar-refractivity contribution is -0.116. The Morgan fingerprint density at radius 3 is 2.48 bits per heavy atom. The molecule has 2 aromatic carbocycles. The van der Waals surface area contributed by atoms with E-state index in [-0.39, 0.29) is 31.1 Å². The molecule has 0 aliphatic carbocycles. The van der Waals surface area contributed by atoms with Crippen molar-refractivity contribution in [3.8, 4) is 0 Å². The molecule has 1 saturated heterocycles. The zero-order chi connectivity index (χ0) is 20.4. The number of fused-ring (bicyclic) bond motifs is 1. The summed E-state index contributed by atoms with van der Waals surface area (Å²) in [5.74, 6) is -0.596. The van der Waals surface area contributed by atoms with Gasteiger partial charge in [-0.15, -0.1) is 0 Å². The molecule has 0 spiro atoms. The quantitative estimate of drug-likeness (QED) is 0.718. The number of hydrogen-bond donors (Lipinski definition) is 1. The van der Waals surface area contributed by atoms with Gasteiger partial charge >= 0.3 is 5.76 Å². The van der Waals surface area contributed by atoms with Gasteiger partial charge < -0.3 is 19.4 Å². The number of rotatable bonds is 5. The molecule has 1 fully saturated rings. The first-order valence-electron chi connectivity index (χ1n) is 9.88. The Hall–Kier alpha value is -3.06. The maximum atomic E-state index is 12.3. The number of benzene rings is 2. The molecule has 0 bridgehead atoms. The van der Waals surface area contributed by atoms with Crippen molar-refractivity contribution in [3.63, 3.8) is 0 Å². The zero-order valence-corrected chi connectivity index (χ0v) is 16.6. The summed E-state index contributed by atoms with van der Waals surface area (Å²) >= 11 is 0. The molecule has 1 N–H and O–H groups in total. The van der Waals surface area contributed by atoms with E-state index in [4.69, 9.17) is 9.15 Å². The van der Waals surface area contributed by atoms with Gasteiger partial charge in [-0.05, 0) is 50.2 Å². The Labute approximate surface area is 168 Å². The van der Waals surface area contributed by atoms with Crippen LogP contribution in [0, 0.1) is 0 Å². The standard InChI is InChI=1S/C22H25N3O4/c1-15-13-24(14-16(2)28-15)18-9-7-17(8-10-18)23-21(26)11-12-25-19-5-3-4-6-20(19)29-22(25)27/h3-10,15-16H,11-14H2,1-2H3,(H,23,26). The highest BCUT2D eigenvalue weighted by molar-refractivity contribution is 5.91. The average Bonchev–Trinajstić information content (AvgIpc) is 3.01. The van der Waals surface area contributed by atoms with Gasteiger partial charge in [0.15, 0.2) is 5.58 Å². The average molecular weight is 395 g/mol. The highest BCUT2D eigenvalue weighted by Crippen LogP contribution is 2.22. The lowest BCUT2D eigenvalue weighted by Gasteiger charge is -2.36. The topological polar surface area (TPSA) is 76.7 Å². The fourth-order valence-corrected chi connectivity index (χ4v) is 3.81. The summed E-state index contributed by atoms with van der Waals surface area (Å²) in [5.41, 5.74) is 3.07. The van der Waals surface area contributed by atoms with Gasteiger partial charge in [-0.3, -0.25) is 9.36 Å². The minimum absolute atomic E-state index is 0.149. The molecule has 1 aromatic heterocycles. The molecule has 7 nitrogen and oxygen atoms in total. The van der Waals surface area contributed by atoms with E-state index in [0.717, 1.165) is 24.5 Å². The van der Waals surface area contributed by atoms with Gasteiger partial charge in [-0.25, -0.2) is 4.79 Å². The van der Waals surface area contributed by atoms with Crippen LogP contribution in [0.25, 0.3) is 11.1 Å². The first kappa shape index (κ1) is 19.3. The molecule has 29 heavy (non-hydrogen) atoms. The zero-order valence-electron chi connectivity index (χ0n) is 16.6. The second-order valence-electron chi connectivity index (χ2n) is 7.49. The van der Waals surface area contributed by atoms with Crippen molar-refractivity contribution in [2.24, 2.45) is 0 Å². The lowest BCUT2D eigenvalue weighted by Crippen LogP contribution is -2.45. The summed E-state index contributed by atoms with van der Waals surface area (Å²) in [4.78, 5) is 26.6. The number of ether oxygens (including phenoxy) is 1. The normalized spacial score (nSPS) is 19.4. The van der Waals surface area contributed by atoms with Crippen LogP contribution in [0.1, 0.15) is 20.3 Å². The van der Waals surface area contributed by atoms with Crippen LogP contribution in [0.15, 0.2) is 57.7 Å². The maximum Gasteiger partial charge on any atom is 0.419 e. The third-order valence-electron chi connectivity index (χ3n) is 5.07. The fourth-order valence-electron chi connectivity index (χ4n) is 3.81. The van der Waals surface area contributed by atoms with Crippen molar-refractivity contribution in [2.45, 2.75) is 39.0 Å². The summed E-state index contributed by atoms with van der Waals surface area (Å²) in [6, 6.07) is 15.0. The molecule has 1 aliphatic heterocycles. The predicted molar refractivity (Wildman–Crippen MR) is 112 cm³/mol. The molecule has 152 valence electrons. The maximum absolute atomic E-state index is 12.3. The van der Waals surface area contributed by atoms with E-state index in [0.29, 0.717) is 11.1 Å². The number of carbonyl (C=O) groups is 1. The molecule has 0 saturated carbocycles. The van der Waals surface area contributed by atoms with Crippen molar-refractivity contribution < 1.29 is 13.9 Å². The highest BCUT2D eigenvalue weighted by atomic mass is 16.5. The third kappa shape index (κ3) is 4.35. The van der Waals surface area contributed by atoms with Gasteiger partial charge in [0.2, 0.25) is 5.91 Å². The van der Waals surface area contributed by atoms with Crippen LogP contribution in [0.2, 0.25) is 0 Å². The van der Waals surface area contributed by atoms with E-state index < -0.39 is 5.76 Å². The number of morpholine rings is 1. The van der Waals surface area contributed by atoms with E-state index in [1.54, 1.807) is 6.07 Å². The van der Waals surface area contributed by atoms with E-state index >= 15 is 0 Å². The summed E-state index contributed by atoms with van der Waals surface area (Å²) in [6.07, 6.45) is 0.574. The van der Waals surface area contributed by atoms with Crippen LogP contribution in [0.5, 0.6) is 0 Å². The third-order valence-corrected chi connectivity index (χ3v) is 5.07. The number of carbonyl (C=O) groups excluding carboxylic acids is 1. The SMILES string of the molecule is CC1CN(c2ccc(NC(=O)CCn3c(=O)oc4ccccc43)cc2)CC(C)O1. The number of aryl methyl sites for hydroxylation is 1. The number of oxazole rings is 1. The van der Waals surface area contributed by atoms with Crippen molar-refractivity contribution in [2.75, 3.05) is 23.3 Å². The van der Waals surface area contributed by atoms with Gasteiger partial charge in [0.05, 0.1) is 17.7 Å². The first-order chi connectivity index (χ1) is 14.0.